The molecule has 1 aliphatic heterocycles. The standard InChI is InChI=1S/C25H31FN2O4/c1-19(2)24(30)28-13-14-32-25(17-28,18-31-22-11-9-21(26)10-12-22)15-23(29)27(3)16-20-7-5-4-6-8-20/h4-12,19H,13-18H2,1-3H3/t25-/m0/s1. The van der Waals surface area contributed by atoms with Crippen LogP contribution in [0.25, 0.3) is 0 Å². The summed E-state index contributed by atoms with van der Waals surface area (Å²) in [5, 5.41) is 0. The van der Waals surface area contributed by atoms with E-state index in [1.165, 1.54) is 24.3 Å². The van der Waals surface area contributed by atoms with Crippen molar-refractivity contribution in [2.24, 2.45) is 5.92 Å². The number of morpholine rings is 1. The Labute approximate surface area is 188 Å². The summed E-state index contributed by atoms with van der Waals surface area (Å²) < 4.78 is 25.2. The Morgan fingerprint density at radius 1 is 1.16 bits per heavy atom. The van der Waals surface area contributed by atoms with Crippen LogP contribution < -0.4 is 4.74 Å². The highest BCUT2D eigenvalue weighted by Gasteiger charge is 2.42. The second-order valence-electron chi connectivity index (χ2n) is 8.60. The maximum absolute atomic E-state index is 13.2. The topological polar surface area (TPSA) is 59.1 Å². The van der Waals surface area contributed by atoms with Gasteiger partial charge in [0.1, 0.15) is 23.8 Å². The summed E-state index contributed by atoms with van der Waals surface area (Å²) in [4.78, 5) is 29.2. The Kier molecular flexibility index (Phi) is 7.85. The summed E-state index contributed by atoms with van der Waals surface area (Å²) >= 11 is 0. The third-order valence-corrected chi connectivity index (χ3v) is 5.53. The fourth-order valence-electron chi connectivity index (χ4n) is 3.75. The number of rotatable bonds is 8. The highest BCUT2D eigenvalue weighted by molar-refractivity contribution is 5.79. The third-order valence-electron chi connectivity index (χ3n) is 5.53. The summed E-state index contributed by atoms with van der Waals surface area (Å²) in [6.07, 6.45) is 0.0689. The van der Waals surface area contributed by atoms with Gasteiger partial charge in [-0.1, -0.05) is 44.2 Å². The van der Waals surface area contributed by atoms with Crippen LogP contribution in [0, 0.1) is 11.7 Å². The summed E-state index contributed by atoms with van der Waals surface area (Å²) in [5.41, 5.74) is 0.0419. The average molecular weight is 443 g/mol. The Hall–Kier alpha value is -2.93. The van der Waals surface area contributed by atoms with Crippen LogP contribution in [-0.2, 0) is 20.9 Å². The first-order chi connectivity index (χ1) is 15.3. The van der Waals surface area contributed by atoms with Crippen LogP contribution in [0.3, 0.4) is 0 Å². The summed E-state index contributed by atoms with van der Waals surface area (Å²) in [6.45, 7) is 5.32. The van der Waals surface area contributed by atoms with Gasteiger partial charge in [0.15, 0.2) is 0 Å². The van der Waals surface area contributed by atoms with Gasteiger partial charge in [0, 0.05) is 26.1 Å². The fraction of sp³-hybridized carbons (Fsp3) is 0.440. The van der Waals surface area contributed by atoms with Crippen molar-refractivity contribution in [2.45, 2.75) is 32.4 Å². The van der Waals surface area contributed by atoms with Gasteiger partial charge in [-0.2, -0.15) is 0 Å². The Morgan fingerprint density at radius 3 is 2.50 bits per heavy atom. The van der Waals surface area contributed by atoms with Gasteiger partial charge in [-0.05, 0) is 29.8 Å². The largest absolute Gasteiger partial charge is 0.490 e. The first-order valence-electron chi connectivity index (χ1n) is 10.9. The van der Waals surface area contributed by atoms with Crippen molar-refractivity contribution in [3.8, 4) is 5.75 Å². The molecule has 1 aliphatic rings. The van der Waals surface area contributed by atoms with Crippen LogP contribution in [0.1, 0.15) is 25.8 Å². The molecule has 172 valence electrons. The van der Waals surface area contributed by atoms with E-state index in [-0.39, 0.29) is 43.1 Å². The maximum atomic E-state index is 13.2. The van der Waals surface area contributed by atoms with Crippen LogP contribution in [0.15, 0.2) is 54.6 Å². The zero-order valence-electron chi connectivity index (χ0n) is 18.9. The number of amides is 2. The second-order valence-corrected chi connectivity index (χ2v) is 8.60. The van der Waals surface area contributed by atoms with E-state index in [1.54, 1.807) is 16.8 Å². The number of hydrogen-bond acceptors (Lipinski definition) is 4. The lowest BCUT2D eigenvalue weighted by Gasteiger charge is -2.43. The molecule has 0 aromatic heterocycles. The third kappa shape index (κ3) is 6.29. The van der Waals surface area contributed by atoms with E-state index in [0.29, 0.717) is 25.4 Å². The van der Waals surface area contributed by atoms with Crippen molar-refractivity contribution < 1.29 is 23.5 Å². The molecule has 1 saturated heterocycles. The fourth-order valence-corrected chi connectivity index (χ4v) is 3.75. The van der Waals surface area contributed by atoms with Gasteiger partial charge < -0.3 is 19.3 Å². The molecule has 7 heteroatoms. The van der Waals surface area contributed by atoms with Crippen LogP contribution in [0.5, 0.6) is 5.75 Å². The SMILES string of the molecule is CC(C)C(=O)N1CCO[C@@](COc2ccc(F)cc2)(CC(=O)N(C)Cc2ccccc2)C1. The summed E-state index contributed by atoms with van der Waals surface area (Å²) in [6, 6.07) is 15.4. The summed E-state index contributed by atoms with van der Waals surface area (Å²) in [7, 11) is 1.75. The van der Waals surface area contributed by atoms with Crippen molar-refractivity contribution in [1.82, 2.24) is 9.80 Å². The van der Waals surface area contributed by atoms with Gasteiger partial charge in [-0.25, -0.2) is 4.39 Å². The van der Waals surface area contributed by atoms with Gasteiger partial charge in [0.25, 0.3) is 0 Å². The quantitative estimate of drug-likeness (QED) is 0.628. The molecule has 0 N–H and O–H groups in total. The van der Waals surface area contributed by atoms with E-state index in [4.69, 9.17) is 9.47 Å². The minimum absolute atomic E-state index is 0.0181. The van der Waals surface area contributed by atoms with Crippen LogP contribution in [0.2, 0.25) is 0 Å². The Bertz CT molecular complexity index is 904. The summed E-state index contributed by atoms with van der Waals surface area (Å²) in [5.74, 6) is -0.112. The number of carbonyl (C=O) groups is 2. The first-order valence-corrected chi connectivity index (χ1v) is 10.9. The van der Waals surface area contributed by atoms with Gasteiger partial charge in [0.2, 0.25) is 11.8 Å². The van der Waals surface area contributed by atoms with Crippen molar-refractivity contribution in [3.63, 3.8) is 0 Å². The molecule has 0 aliphatic carbocycles. The highest BCUT2D eigenvalue weighted by Crippen LogP contribution is 2.26. The molecule has 0 spiro atoms. The zero-order valence-corrected chi connectivity index (χ0v) is 18.9. The number of hydrogen-bond donors (Lipinski definition) is 0. The van der Waals surface area contributed by atoms with E-state index >= 15 is 0 Å². The molecule has 0 saturated carbocycles. The van der Waals surface area contributed by atoms with E-state index < -0.39 is 5.60 Å². The lowest BCUT2D eigenvalue weighted by Crippen LogP contribution is -2.58. The number of halogens is 1. The smallest absolute Gasteiger partial charge is 0.225 e. The van der Waals surface area contributed by atoms with Crippen molar-refractivity contribution in [2.75, 3.05) is 33.4 Å². The van der Waals surface area contributed by atoms with E-state index in [9.17, 15) is 14.0 Å². The minimum atomic E-state index is -0.987. The van der Waals surface area contributed by atoms with Crippen molar-refractivity contribution in [3.05, 3.63) is 66.0 Å². The highest BCUT2D eigenvalue weighted by atomic mass is 19.1. The van der Waals surface area contributed by atoms with Gasteiger partial charge in [-0.3, -0.25) is 9.59 Å². The molecule has 2 aromatic carbocycles. The molecule has 2 amide bonds. The monoisotopic (exact) mass is 442 g/mol. The van der Waals surface area contributed by atoms with Crippen LogP contribution in [-0.4, -0.2) is 60.6 Å². The normalized spacial score (nSPS) is 18.5. The molecule has 1 atom stereocenters. The molecule has 3 rings (SSSR count). The van der Waals surface area contributed by atoms with E-state index in [1.807, 2.05) is 44.2 Å². The molecule has 0 radical (unpaired) electrons. The predicted molar refractivity (Wildman–Crippen MR) is 120 cm³/mol. The molecular formula is C25H31FN2O4. The minimum Gasteiger partial charge on any atom is -0.490 e. The molecular weight excluding hydrogens is 411 g/mol. The van der Waals surface area contributed by atoms with Crippen molar-refractivity contribution in [1.29, 1.82) is 0 Å². The molecule has 0 unspecified atom stereocenters. The molecule has 2 aromatic rings. The van der Waals surface area contributed by atoms with Crippen LogP contribution >= 0.6 is 0 Å². The number of ether oxygens (including phenoxy) is 2. The molecule has 6 nitrogen and oxygen atoms in total. The molecule has 1 heterocycles. The Morgan fingerprint density at radius 2 is 1.84 bits per heavy atom. The average Bonchev–Trinajstić information content (AvgIpc) is 2.79. The number of carbonyl (C=O) groups excluding carboxylic acids is 2. The predicted octanol–water partition coefficient (Wildman–Crippen LogP) is 3.51. The lowest BCUT2D eigenvalue weighted by atomic mass is 9.96. The lowest BCUT2D eigenvalue weighted by molar-refractivity contribution is -0.167. The molecule has 0 bridgehead atoms. The van der Waals surface area contributed by atoms with Gasteiger partial charge >= 0.3 is 0 Å². The first kappa shape index (κ1) is 23.7. The molecule has 1 fully saturated rings. The zero-order chi connectivity index (χ0) is 23.1. The molecule has 32 heavy (non-hydrogen) atoms. The van der Waals surface area contributed by atoms with E-state index in [0.717, 1.165) is 5.56 Å². The number of nitrogens with zero attached hydrogens (tertiary/aromatic N) is 2. The van der Waals surface area contributed by atoms with E-state index in [2.05, 4.69) is 0 Å². The van der Waals surface area contributed by atoms with Crippen LogP contribution in [0.4, 0.5) is 4.39 Å². The second kappa shape index (κ2) is 10.6. The van der Waals surface area contributed by atoms with Crippen molar-refractivity contribution >= 4 is 11.8 Å². The maximum Gasteiger partial charge on any atom is 0.225 e. The Balaban J connectivity index is 1.75. The van der Waals surface area contributed by atoms with Gasteiger partial charge in [-0.15, -0.1) is 0 Å². The number of benzene rings is 2. The van der Waals surface area contributed by atoms with Gasteiger partial charge in [0.05, 0.1) is 19.6 Å².